The van der Waals surface area contributed by atoms with Crippen LogP contribution in [0.15, 0.2) is 53.4 Å². The SMILES string of the molecule is Cl.NC1CCC2CN(C(=O)c3ccc(CSc4ccc(Cl)cc4)cc3)CC12. The Morgan fingerprint density at radius 2 is 1.78 bits per heavy atom. The van der Waals surface area contributed by atoms with Crippen molar-refractivity contribution in [3.8, 4) is 0 Å². The van der Waals surface area contributed by atoms with Crippen molar-refractivity contribution in [1.29, 1.82) is 0 Å². The van der Waals surface area contributed by atoms with E-state index in [1.54, 1.807) is 11.8 Å². The maximum atomic E-state index is 12.8. The van der Waals surface area contributed by atoms with Crippen LogP contribution in [0.3, 0.4) is 0 Å². The standard InChI is InChI=1S/C21H23ClN2OS.ClH/c22-17-6-8-18(9-7-17)26-13-14-1-3-15(4-2-14)21(25)24-11-16-5-10-20(23)19(16)12-24;/h1-4,6-9,16,19-20H,5,10-13,23H2;1H. The molecule has 2 fully saturated rings. The first-order chi connectivity index (χ1) is 12.6. The molecule has 0 bridgehead atoms. The Kier molecular flexibility index (Phi) is 6.74. The average Bonchev–Trinajstić information content (AvgIpc) is 3.23. The average molecular weight is 423 g/mol. The Morgan fingerprint density at radius 3 is 2.44 bits per heavy atom. The summed E-state index contributed by atoms with van der Waals surface area (Å²) >= 11 is 7.68. The lowest BCUT2D eigenvalue weighted by Gasteiger charge is -2.19. The third-order valence-electron chi connectivity index (χ3n) is 5.62. The summed E-state index contributed by atoms with van der Waals surface area (Å²) < 4.78 is 0. The van der Waals surface area contributed by atoms with Gasteiger partial charge in [0.1, 0.15) is 0 Å². The van der Waals surface area contributed by atoms with E-state index in [9.17, 15) is 4.79 Å². The molecule has 1 saturated carbocycles. The van der Waals surface area contributed by atoms with Crippen LogP contribution < -0.4 is 5.73 Å². The molecule has 2 aromatic rings. The maximum absolute atomic E-state index is 12.8. The fourth-order valence-corrected chi connectivity index (χ4v) is 5.08. The fraction of sp³-hybridized carbons (Fsp3) is 0.381. The van der Waals surface area contributed by atoms with Gasteiger partial charge < -0.3 is 10.6 Å². The van der Waals surface area contributed by atoms with Gasteiger partial charge in [0.15, 0.2) is 0 Å². The monoisotopic (exact) mass is 422 g/mol. The second-order valence-electron chi connectivity index (χ2n) is 7.31. The molecule has 1 saturated heterocycles. The van der Waals surface area contributed by atoms with Gasteiger partial charge in [-0.2, -0.15) is 0 Å². The molecule has 144 valence electrons. The van der Waals surface area contributed by atoms with Gasteiger partial charge in [-0.15, -0.1) is 24.2 Å². The largest absolute Gasteiger partial charge is 0.338 e. The van der Waals surface area contributed by atoms with E-state index in [2.05, 4.69) is 12.1 Å². The Labute approximate surface area is 176 Å². The molecule has 2 aromatic carbocycles. The van der Waals surface area contributed by atoms with Crippen LogP contribution in [0, 0.1) is 11.8 Å². The van der Waals surface area contributed by atoms with E-state index >= 15 is 0 Å². The van der Waals surface area contributed by atoms with Gasteiger partial charge in [-0.05, 0) is 66.6 Å². The molecule has 0 aromatic heterocycles. The Hall–Kier alpha value is -1.20. The number of hydrogen-bond acceptors (Lipinski definition) is 3. The zero-order valence-corrected chi connectivity index (χ0v) is 17.4. The van der Waals surface area contributed by atoms with Crippen LogP contribution in [0.25, 0.3) is 0 Å². The summed E-state index contributed by atoms with van der Waals surface area (Å²) in [6.45, 7) is 1.68. The first-order valence-electron chi connectivity index (χ1n) is 9.12. The number of amides is 1. The summed E-state index contributed by atoms with van der Waals surface area (Å²) in [4.78, 5) is 16.0. The van der Waals surface area contributed by atoms with Gasteiger partial charge in [0.25, 0.3) is 5.91 Å². The molecule has 4 rings (SSSR count). The topological polar surface area (TPSA) is 46.3 Å². The molecule has 27 heavy (non-hydrogen) atoms. The summed E-state index contributed by atoms with van der Waals surface area (Å²) in [7, 11) is 0. The molecule has 1 aliphatic carbocycles. The van der Waals surface area contributed by atoms with Crippen LogP contribution in [0.5, 0.6) is 0 Å². The van der Waals surface area contributed by atoms with Crippen molar-refractivity contribution in [1.82, 2.24) is 4.90 Å². The Morgan fingerprint density at radius 1 is 1.07 bits per heavy atom. The van der Waals surface area contributed by atoms with Crippen LogP contribution in [0.2, 0.25) is 5.02 Å². The van der Waals surface area contributed by atoms with E-state index in [1.165, 1.54) is 10.5 Å². The van der Waals surface area contributed by atoms with E-state index in [0.29, 0.717) is 11.8 Å². The van der Waals surface area contributed by atoms with Crippen LogP contribution in [-0.2, 0) is 5.75 Å². The van der Waals surface area contributed by atoms with Crippen molar-refractivity contribution in [3.05, 3.63) is 64.7 Å². The minimum absolute atomic E-state index is 0. The Balaban J connectivity index is 0.00000210. The second kappa shape index (κ2) is 8.87. The van der Waals surface area contributed by atoms with Crippen molar-refractivity contribution < 1.29 is 4.79 Å². The van der Waals surface area contributed by atoms with E-state index in [1.807, 2.05) is 41.3 Å². The van der Waals surface area contributed by atoms with Gasteiger partial charge in [0.2, 0.25) is 0 Å². The van der Waals surface area contributed by atoms with Gasteiger partial charge in [-0.3, -0.25) is 4.79 Å². The number of halogens is 2. The molecule has 3 unspecified atom stereocenters. The molecule has 1 amide bonds. The summed E-state index contributed by atoms with van der Waals surface area (Å²) in [6, 6.07) is 16.1. The minimum atomic E-state index is 0. The van der Waals surface area contributed by atoms with Crippen LogP contribution >= 0.6 is 35.8 Å². The molecule has 2 aliphatic rings. The first-order valence-corrected chi connectivity index (χ1v) is 10.5. The smallest absolute Gasteiger partial charge is 0.253 e. The van der Waals surface area contributed by atoms with Gasteiger partial charge >= 0.3 is 0 Å². The van der Waals surface area contributed by atoms with Crippen molar-refractivity contribution in [2.24, 2.45) is 17.6 Å². The van der Waals surface area contributed by atoms with Crippen LogP contribution in [-0.4, -0.2) is 29.9 Å². The molecule has 0 radical (unpaired) electrons. The third kappa shape index (κ3) is 4.62. The number of thioether (sulfide) groups is 1. The molecule has 3 atom stereocenters. The zero-order chi connectivity index (χ0) is 18.1. The Bertz CT molecular complexity index is 782. The van der Waals surface area contributed by atoms with Crippen LogP contribution in [0.1, 0.15) is 28.8 Å². The quantitative estimate of drug-likeness (QED) is 0.715. The van der Waals surface area contributed by atoms with Gasteiger partial charge in [0.05, 0.1) is 0 Å². The molecular weight excluding hydrogens is 399 g/mol. The highest BCUT2D eigenvalue weighted by Gasteiger charge is 2.42. The number of nitrogens with zero attached hydrogens (tertiary/aromatic N) is 1. The number of likely N-dealkylation sites (tertiary alicyclic amines) is 1. The van der Waals surface area contributed by atoms with Gasteiger partial charge in [-0.25, -0.2) is 0 Å². The summed E-state index contributed by atoms with van der Waals surface area (Å²) in [5.41, 5.74) is 8.17. The van der Waals surface area contributed by atoms with E-state index in [4.69, 9.17) is 17.3 Å². The first kappa shape index (κ1) is 20.5. The number of nitrogens with two attached hydrogens (primary N) is 1. The molecule has 1 aliphatic heterocycles. The lowest BCUT2D eigenvalue weighted by atomic mass is 9.98. The van der Waals surface area contributed by atoms with Crippen molar-refractivity contribution in [3.63, 3.8) is 0 Å². The van der Waals surface area contributed by atoms with Crippen LogP contribution in [0.4, 0.5) is 0 Å². The lowest BCUT2D eigenvalue weighted by molar-refractivity contribution is 0.0779. The summed E-state index contributed by atoms with van der Waals surface area (Å²) in [5, 5.41) is 0.754. The summed E-state index contributed by atoms with van der Waals surface area (Å²) in [6.07, 6.45) is 2.27. The highest BCUT2D eigenvalue weighted by Crippen LogP contribution is 2.37. The van der Waals surface area contributed by atoms with E-state index in [0.717, 1.165) is 42.3 Å². The molecule has 0 spiro atoms. The highest BCUT2D eigenvalue weighted by molar-refractivity contribution is 7.98. The number of fused-ring (bicyclic) bond motifs is 1. The number of benzene rings is 2. The molecular formula is C21H24Cl2N2OS. The second-order valence-corrected chi connectivity index (χ2v) is 8.80. The van der Waals surface area contributed by atoms with Gasteiger partial charge in [0, 0.05) is 40.4 Å². The molecule has 6 heteroatoms. The van der Waals surface area contributed by atoms with Crippen molar-refractivity contribution in [2.75, 3.05) is 13.1 Å². The van der Waals surface area contributed by atoms with E-state index < -0.39 is 0 Å². The minimum Gasteiger partial charge on any atom is -0.338 e. The summed E-state index contributed by atoms with van der Waals surface area (Å²) in [5.74, 6) is 2.11. The highest BCUT2D eigenvalue weighted by atomic mass is 35.5. The molecule has 1 heterocycles. The maximum Gasteiger partial charge on any atom is 0.253 e. The van der Waals surface area contributed by atoms with Crippen molar-refractivity contribution >= 4 is 41.7 Å². The van der Waals surface area contributed by atoms with E-state index in [-0.39, 0.29) is 24.4 Å². The number of carbonyl (C=O) groups excluding carboxylic acids is 1. The molecule has 3 nitrogen and oxygen atoms in total. The number of hydrogen-bond donors (Lipinski definition) is 1. The normalized spacial score (nSPS) is 23.8. The number of rotatable bonds is 4. The third-order valence-corrected chi connectivity index (χ3v) is 6.95. The van der Waals surface area contributed by atoms with Gasteiger partial charge in [-0.1, -0.05) is 23.7 Å². The zero-order valence-electron chi connectivity index (χ0n) is 15.0. The van der Waals surface area contributed by atoms with Crippen molar-refractivity contribution in [2.45, 2.75) is 29.5 Å². The molecule has 2 N–H and O–H groups in total. The number of carbonyl (C=O) groups is 1. The predicted molar refractivity (Wildman–Crippen MR) is 115 cm³/mol. The fourth-order valence-electron chi connectivity index (χ4n) is 4.10. The lowest BCUT2D eigenvalue weighted by Crippen LogP contribution is -2.33. The predicted octanol–water partition coefficient (Wildman–Crippen LogP) is 4.86.